The van der Waals surface area contributed by atoms with E-state index in [-0.39, 0.29) is 12.2 Å². The van der Waals surface area contributed by atoms with Crippen LogP contribution in [-0.4, -0.2) is 21.5 Å². The van der Waals surface area contributed by atoms with Crippen molar-refractivity contribution in [2.75, 3.05) is 0 Å². The van der Waals surface area contributed by atoms with Gasteiger partial charge in [-0.25, -0.2) is 9.59 Å². The summed E-state index contributed by atoms with van der Waals surface area (Å²) in [7, 11) is 1.69. The molecule has 0 atom stereocenters. The largest absolute Gasteiger partial charge is 0.455 e. The maximum absolute atomic E-state index is 12.5. The quantitative estimate of drug-likeness (QED) is 0.281. The predicted molar refractivity (Wildman–Crippen MR) is 104 cm³/mol. The molecule has 1 aromatic carbocycles. The molecule has 0 spiro atoms. The van der Waals surface area contributed by atoms with E-state index in [0.717, 1.165) is 5.56 Å². The maximum Gasteiger partial charge on any atom is 0.380 e. The number of carbonyl (C=O) groups is 2. The van der Waals surface area contributed by atoms with E-state index in [1.807, 2.05) is 6.92 Å². The van der Waals surface area contributed by atoms with E-state index >= 15 is 0 Å². The molecule has 0 saturated carbocycles. The molecule has 0 unspecified atom stereocenters. The molecule has 0 aliphatic carbocycles. The summed E-state index contributed by atoms with van der Waals surface area (Å²) < 4.78 is 11.9. The minimum absolute atomic E-state index is 0.223. The molecule has 0 aliphatic rings. The summed E-state index contributed by atoms with van der Waals surface area (Å²) in [6.07, 6.45) is 0.677. The number of ether oxygens (including phenoxy) is 1. The number of fused-ring (bicyclic) bond motifs is 1. The van der Waals surface area contributed by atoms with Gasteiger partial charge in [0.2, 0.25) is 0 Å². The van der Waals surface area contributed by atoms with Crippen molar-refractivity contribution in [1.29, 1.82) is 0 Å². The molecule has 2 heterocycles. The smallest absolute Gasteiger partial charge is 0.380 e. The van der Waals surface area contributed by atoms with Crippen LogP contribution >= 0.6 is 11.6 Å². The molecule has 8 heteroatoms. The summed E-state index contributed by atoms with van der Waals surface area (Å²) in [4.78, 5) is 36.6. The van der Waals surface area contributed by atoms with E-state index in [9.17, 15) is 14.4 Å². The Morgan fingerprint density at radius 2 is 1.93 bits per heavy atom. The van der Waals surface area contributed by atoms with E-state index in [2.05, 4.69) is 5.10 Å². The van der Waals surface area contributed by atoms with Crippen molar-refractivity contribution in [3.63, 3.8) is 0 Å². The molecule has 28 heavy (non-hydrogen) atoms. The first-order chi connectivity index (χ1) is 13.2. The molecule has 146 valence electrons. The van der Waals surface area contributed by atoms with Gasteiger partial charge >= 0.3 is 11.6 Å². The maximum atomic E-state index is 12.5. The van der Waals surface area contributed by atoms with Gasteiger partial charge in [0.25, 0.3) is 5.78 Å². The molecule has 7 nitrogen and oxygen atoms in total. The van der Waals surface area contributed by atoms with Gasteiger partial charge in [-0.15, -0.1) is 0 Å². The Labute approximate surface area is 165 Å². The van der Waals surface area contributed by atoms with Crippen LogP contribution in [0.25, 0.3) is 11.0 Å². The number of benzene rings is 1. The Bertz CT molecular complexity index is 1160. The predicted octanol–water partition coefficient (Wildman–Crippen LogP) is 3.29. The molecule has 0 amide bonds. The van der Waals surface area contributed by atoms with Crippen LogP contribution < -0.4 is 5.63 Å². The average molecular weight is 403 g/mol. The molecule has 3 aromatic rings. The van der Waals surface area contributed by atoms with Crippen molar-refractivity contribution < 1.29 is 18.7 Å². The molecule has 0 fully saturated rings. The Balaban J connectivity index is 1.89. The van der Waals surface area contributed by atoms with Gasteiger partial charge in [0.1, 0.15) is 12.2 Å². The molecule has 0 aliphatic heterocycles. The first-order valence-corrected chi connectivity index (χ1v) is 9.07. The number of Topliss-reactive ketones (excluding diaryl/α,β-unsaturated/α-hetero) is 1. The van der Waals surface area contributed by atoms with E-state index in [1.54, 1.807) is 33.0 Å². The summed E-state index contributed by atoms with van der Waals surface area (Å²) in [6, 6.07) is 4.58. The van der Waals surface area contributed by atoms with Crippen molar-refractivity contribution in [3.05, 3.63) is 61.7 Å². The number of hydrogen-bond donors (Lipinski definition) is 0. The fourth-order valence-corrected chi connectivity index (χ4v) is 3.39. The second kappa shape index (κ2) is 7.59. The fourth-order valence-electron chi connectivity index (χ4n) is 3.09. The van der Waals surface area contributed by atoms with Gasteiger partial charge in [0.05, 0.1) is 11.3 Å². The second-order valence-electron chi connectivity index (χ2n) is 6.46. The molecule has 0 saturated heterocycles. The third-order valence-corrected chi connectivity index (χ3v) is 5.01. The topological polar surface area (TPSA) is 91.4 Å². The molecular formula is C20H19ClN2O5. The zero-order valence-corrected chi connectivity index (χ0v) is 16.7. The Kier molecular flexibility index (Phi) is 5.38. The van der Waals surface area contributed by atoms with Crippen LogP contribution in [0.1, 0.15) is 39.8 Å². The Hall–Kier alpha value is -2.93. The minimum Gasteiger partial charge on any atom is -0.455 e. The van der Waals surface area contributed by atoms with Crippen LogP contribution in [0.5, 0.6) is 0 Å². The number of aryl methyl sites for hydroxylation is 3. The fraction of sp³-hybridized carbons (Fsp3) is 0.300. The van der Waals surface area contributed by atoms with Crippen molar-refractivity contribution in [1.82, 2.24) is 9.78 Å². The van der Waals surface area contributed by atoms with Gasteiger partial charge in [0.15, 0.2) is 0 Å². The van der Waals surface area contributed by atoms with E-state index in [0.29, 0.717) is 39.4 Å². The van der Waals surface area contributed by atoms with Gasteiger partial charge in [0, 0.05) is 34.8 Å². The summed E-state index contributed by atoms with van der Waals surface area (Å²) >= 11 is 6.25. The van der Waals surface area contributed by atoms with Gasteiger partial charge in [-0.2, -0.15) is 5.10 Å². The van der Waals surface area contributed by atoms with Crippen molar-refractivity contribution >= 4 is 34.3 Å². The SMILES string of the molecule is CCc1cc2oc(=O)cc(COC(=O)C(=O)c3c(C)nn(C)c3C)c2cc1Cl. The van der Waals surface area contributed by atoms with Gasteiger partial charge in [-0.1, -0.05) is 18.5 Å². The number of rotatable bonds is 5. The average Bonchev–Trinajstić information content (AvgIpc) is 2.90. The number of aromatic nitrogens is 2. The highest BCUT2D eigenvalue weighted by Gasteiger charge is 2.25. The second-order valence-corrected chi connectivity index (χ2v) is 6.87. The molecule has 2 aromatic heterocycles. The van der Waals surface area contributed by atoms with Crippen LogP contribution in [0.2, 0.25) is 5.02 Å². The monoisotopic (exact) mass is 402 g/mol. The number of nitrogens with zero attached hydrogens (tertiary/aromatic N) is 2. The normalized spacial score (nSPS) is 11.0. The van der Waals surface area contributed by atoms with Crippen molar-refractivity contribution in [3.8, 4) is 0 Å². The highest BCUT2D eigenvalue weighted by molar-refractivity contribution is 6.41. The zero-order valence-electron chi connectivity index (χ0n) is 16.0. The number of esters is 1. The number of halogens is 1. The van der Waals surface area contributed by atoms with Gasteiger partial charge in [-0.3, -0.25) is 9.48 Å². The van der Waals surface area contributed by atoms with Crippen LogP contribution in [0.3, 0.4) is 0 Å². The van der Waals surface area contributed by atoms with E-state index < -0.39 is 17.4 Å². The lowest BCUT2D eigenvalue weighted by atomic mass is 10.1. The van der Waals surface area contributed by atoms with Gasteiger partial charge in [-0.05, 0) is 38.0 Å². The Morgan fingerprint density at radius 3 is 2.54 bits per heavy atom. The molecule has 0 bridgehead atoms. The van der Waals surface area contributed by atoms with Crippen LogP contribution in [-0.2, 0) is 29.6 Å². The molecule has 0 N–H and O–H groups in total. The van der Waals surface area contributed by atoms with E-state index in [4.69, 9.17) is 20.8 Å². The summed E-state index contributed by atoms with van der Waals surface area (Å²) in [5, 5.41) is 5.20. The van der Waals surface area contributed by atoms with Crippen LogP contribution in [0.4, 0.5) is 0 Å². The lowest BCUT2D eigenvalue weighted by Crippen LogP contribution is -2.19. The molecule has 3 rings (SSSR count). The van der Waals surface area contributed by atoms with Crippen LogP contribution in [0, 0.1) is 13.8 Å². The standard InChI is InChI=1S/C20H19ClN2O5/c1-5-12-6-16-14(8-15(12)21)13(7-17(24)28-16)9-27-20(26)19(25)18-10(2)22-23(4)11(18)3/h6-8H,5,9H2,1-4H3. The number of ketones is 1. The zero-order chi connectivity index (χ0) is 20.6. The summed E-state index contributed by atoms with van der Waals surface area (Å²) in [5.74, 6) is -1.79. The van der Waals surface area contributed by atoms with Crippen molar-refractivity contribution in [2.45, 2.75) is 33.8 Å². The third-order valence-electron chi connectivity index (χ3n) is 4.66. The summed E-state index contributed by atoms with van der Waals surface area (Å²) in [5.41, 5.74) is 2.27. The number of carbonyl (C=O) groups excluding carboxylic acids is 2. The van der Waals surface area contributed by atoms with Gasteiger partial charge < -0.3 is 9.15 Å². The highest BCUT2D eigenvalue weighted by Crippen LogP contribution is 2.26. The first kappa shape index (κ1) is 19.8. The third kappa shape index (κ3) is 3.57. The van der Waals surface area contributed by atoms with Crippen molar-refractivity contribution in [2.24, 2.45) is 7.05 Å². The lowest BCUT2D eigenvalue weighted by molar-refractivity contribution is -0.139. The molecule has 0 radical (unpaired) electrons. The number of hydrogen-bond acceptors (Lipinski definition) is 6. The Morgan fingerprint density at radius 1 is 1.21 bits per heavy atom. The minimum atomic E-state index is -1.02. The first-order valence-electron chi connectivity index (χ1n) is 8.69. The molecular weight excluding hydrogens is 384 g/mol. The van der Waals surface area contributed by atoms with E-state index in [1.165, 1.54) is 10.7 Å². The lowest BCUT2D eigenvalue weighted by Gasteiger charge is -2.09. The highest BCUT2D eigenvalue weighted by atomic mass is 35.5. The van der Waals surface area contributed by atoms with Crippen LogP contribution in [0.15, 0.2) is 27.4 Å². The summed E-state index contributed by atoms with van der Waals surface area (Å²) in [6.45, 7) is 5.03.